The van der Waals surface area contributed by atoms with Crippen molar-refractivity contribution in [2.45, 2.75) is 11.8 Å². The predicted molar refractivity (Wildman–Crippen MR) is 101 cm³/mol. The summed E-state index contributed by atoms with van der Waals surface area (Å²) in [7, 11) is -3.72. The van der Waals surface area contributed by atoms with Gasteiger partial charge in [-0.2, -0.15) is 0 Å². The maximum atomic E-state index is 13.1. The fourth-order valence-corrected chi connectivity index (χ4v) is 4.44. The zero-order valence-electron chi connectivity index (χ0n) is 14.0. The Morgan fingerprint density at radius 1 is 1.04 bits per heavy atom. The number of anilines is 1. The maximum Gasteiger partial charge on any atom is 0.268 e. The summed E-state index contributed by atoms with van der Waals surface area (Å²) in [5.41, 5.74) is 9.12. The van der Waals surface area contributed by atoms with E-state index < -0.39 is 10.0 Å². The van der Waals surface area contributed by atoms with E-state index in [1.807, 2.05) is 0 Å². The van der Waals surface area contributed by atoms with Crippen LogP contribution in [0.3, 0.4) is 0 Å². The zero-order chi connectivity index (χ0) is 18.3. The van der Waals surface area contributed by atoms with Gasteiger partial charge in [0.25, 0.3) is 10.0 Å². The third-order valence-corrected chi connectivity index (χ3v) is 5.93. The van der Waals surface area contributed by atoms with Crippen LogP contribution in [0.4, 0.5) is 5.69 Å². The Bertz CT molecular complexity index is 1220. The van der Waals surface area contributed by atoms with Crippen LogP contribution in [0.5, 0.6) is 0 Å². The zero-order valence-corrected chi connectivity index (χ0v) is 14.8. The largest absolute Gasteiger partial charge is 0.397 e. The lowest BCUT2D eigenvalue weighted by Gasteiger charge is -2.10. The summed E-state index contributed by atoms with van der Waals surface area (Å²) >= 11 is 0. The number of pyridine rings is 2. The number of hydrogen-bond acceptors (Lipinski definition) is 5. The van der Waals surface area contributed by atoms with Crippen molar-refractivity contribution in [3.8, 4) is 11.1 Å². The second-order valence-corrected chi connectivity index (χ2v) is 7.77. The molecule has 0 amide bonds. The van der Waals surface area contributed by atoms with E-state index in [0.29, 0.717) is 16.9 Å². The molecule has 0 bridgehead atoms. The van der Waals surface area contributed by atoms with Crippen LogP contribution in [-0.2, 0) is 10.0 Å². The van der Waals surface area contributed by atoms with Crippen molar-refractivity contribution >= 4 is 26.6 Å². The standard InChI is InChI=1S/C19H16N4O2S/c1-13-19-17(18(12-22-13)14-9-15(20)11-21-10-14)7-8-23(19)26(24,25)16-5-3-2-4-6-16/h2-12H,20H2,1H3. The average Bonchev–Trinajstić information content (AvgIpc) is 3.09. The van der Waals surface area contributed by atoms with Crippen molar-refractivity contribution in [1.29, 1.82) is 0 Å². The first-order chi connectivity index (χ1) is 12.5. The lowest BCUT2D eigenvalue weighted by Crippen LogP contribution is -2.12. The van der Waals surface area contributed by atoms with Gasteiger partial charge in [0.1, 0.15) is 0 Å². The molecule has 0 saturated carbocycles. The first-order valence-corrected chi connectivity index (χ1v) is 9.40. The van der Waals surface area contributed by atoms with Crippen LogP contribution in [0, 0.1) is 6.92 Å². The third kappa shape index (κ3) is 2.53. The monoisotopic (exact) mass is 364 g/mol. The van der Waals surface area contributed by atoms with Crippen LogP contribution in [0.2, 0.25) is 0 Å². The molecule has 0 radical (unpaired) electrons. The van der Waals surface area contributed by atoms with Crippen molar-refractivity contribution in [3.05, 3.63) is 72.9 Å². The van der Waals surface area contributed by atoms with Gasteiger partial charge in [-0.1, -0.05) is 18.2 Å². The van der Waals surface area contributed by atoms with Gasteiger partial charge in [0.05, 0.1) is 21.8 Å². The summed E-state index contributed by atoms with van der Waals surface area (Å²) in [6, 6.07) is 11.9. The molecule has 4 rings (SSSR count). The molecule has 0 saturated heterocycles. The lowest BCUT2D eigenvalue weighted by atomic mass is 10.1. The second kappa shape index (κ2) is 5.96. The van der Waals surface area contributed by atoms with Gasteiger partial charge in [-0.15, -0.1) is 0 Å². The number of rotatable bonds is 3. The summed E-state index contributed by atoms with van der Waals surface area (Å²) in [5, 5.41) is 0.782. The van der Waals surface area contributed by atoms with Crippen LogP contribution in [0.15, 0.2) is 72.1 Å². The molecule has 2 N–H and O–H groups in total. The Labute approximate surface area is 151 Å². The molecule has 3 heterocycles. The minimum atomic E-state index is -3.72. The molecule has 1 aromatic carbocycles. The highest BCUT2D eigenvalue weighted by Gasteiger charge is 2.21. The molecule has 0 aliphatic carbocycles. The molecule has 0 unspecified atom stereocenters. The van der Waals surface area contributed by atoms with Gasteiger partial charge in [-0.25, -0.2) is 12.4 Å². The molecule has 0 spiro atoms. The number of nitrogen functional groups attached to an aromatic ring is 1. The molecule has 0 fully saturated rings. The van der Waals surface area contributed by atoms with Crippen LogP contribution in [0.1, 0.15) is 5.69 Å². The summed E-state index contributed by atoms with van der Waals surface area (Å²) < 4.78 is 27.4. The summed E-state index contributed by atoms with van der Waals surface area (Å²) in [5.74, 6) is 0. The maximum absolute atomic E-state index is 13.1. The van der Waals surface area contributed by atoms with Gasteiger partial charge in [0.2, 0.25) is 0 Å². The lowest BCUT2D eigenvalue weighted by molar-refractivity contribution is 0.589. The first kappa shape index (κ1) is 16.3. The molecule has 0 aliphatic rings. The molecule has 130 valence electrons. The molecule has 26 heavy (non-hydrogen) atoms. The van der Waals surface area contributed by atoms with Crippen molar-refractivity contribution < 1.29 is 8.42 Å². The normalized spacial score (nSPS) is 11.7. The van der Waals surface area contributed by atoms with E-state index >= 15 is 0 Å². The van der Waals surface area contributed by atoms with Gasteiger partial charge >= 0.3 is 0 Å². The van der Waals surface area contributed by atoms with E-state index in [9.17, 15) is 8.42 Å². The van der Waals surface area contributed by atoms with E-state index in [0.717, 1.165) is 16.5 Å². The molecule has 4 aromatic rings. The number of aromatic nitrogens is 3. The molecule has 0 atom stereocenters. The van der Waals surface area contributed by atoms with E-state index in [-0.39, 0.29) is 4.90 Å². The smallest absolute Gasteiger partial charge is 0.268 e. The minimum Gasteiger partial charge on any atom is -0.397 e. The number of fused-ring (bicyclic) bond motifs is 1. The van der Waals surface area contributed by atoms with Gasteiger partial charge in [-0.05, 0) is 31.2 Å². The van der Waals surface area contributed by atoms with E-state index in [1.165, 1.54) is 3.97 Å². The van der Waals surface area contributed by atoms with Gasteiger partial charge in [-0.3, -0.25) is 9.97 Å². The quantitative estimate of drug-likeness (QED) is 0.603. The number of hydrogen-bond donors (Lipinski definition) is 1. The second-order valence-electron chi connectivity index (χ2n) is 5.96. The topological polar surface area (TPSA) is 90.9 Å². The van der Waals surface area contributed by atoms with Crippen molar-refractivity contribution in [1.82, 2.24) is 13.9 Å². The van der Waals surface area contributed by atoms with Crippen LogP contribution in [-0.4, -0.2) is 22.4 Å². The molecule has 6 nitrogen and oxygen atoms in total. The van der Waals surface area contributed by atoms with E-state index in [1.54, 1.807) is 74.2 Å². The van der Waals surface area contributed by atoms with Crippen LogP contribution in [0.25, 0.3) is 22.0 Å². The van der Waals surface area contributed by atoms with E-state index in [2.05, 4.69) is 9.97 Å². The van der Waals surface area contributed by atoms with Crippen molar-refractivity contribution in [2.24, 2.45) is 0 Å². The van der Waals surface area contributed by atoms with E-state index in [4.69, 9.17) is 5.73 Å². The Morgan fingerprint density at radius 2 is 1.81 bits per heavy atom. The number of nitrogens with two attached hydrogens (primary N) is 1. The summed E-state index contributed by atoms with van der Waals surface area (Å²) in [6.07, 6.45) is 6.52. The average molecular weight is 364 g/mol. The third-order valence-electron chi connectivity index (χ3n) is 4.24. The minimum absolute atomic E-state index is 0.230. The fraction of sp³-hybridized carbons (Fsp3) is 0.0526. The summed E-state index contributed by atoms with van der Waals surface area (Å²) in [4.78, 5) is 8.74. The van der Waals surface area contributed by atoms with Gasteiger partial charge < -0.3 is 5.73 Å². The van der Waals surface area contributed by atoms with Crippen LogP contribution >= 0.6 is 0 Å². The Balaban J connectivity index is 1.99. The highest BCUT2D eigenvalue weighted by molar-refractivity contribution is 7.90. The van der Waals surface area contributed by atoms with Crippen molar-refractivity contribution in [2.75, 3.05) is 5.73 Å². The van der Waals surface area contributed by atoms with Crippen LogP contribution < -0.4 is 5.73 Å². The Morgan fingerprint density at radius 3 is 2.54 bits per heavy atom. The number of aryl methyl sites for hydroxylation is 1. The Hall–Kier alpha value is -3.19. The molecule has 3 aromatic heterocycles. The van der Waals surface area contributed by atoms with Crippen molar-refractivity contribution in [3.63, 3.8) is 0 Å². The highest BCUT2D eigenvalue weighted by atomic mass is 32.2. The van der Waals surface area contributed by atoms with Gasteiger partial charge in [0, 0.05) is 41.3 Å². The predicted octanol–water partition coefficient (Wildman–Crippen LogP) is 3.23. The van der Waals surface area contributed by atoms with Gasteiger partial charge in [0.15, 0.2) is 0 Å². The number of benzene rings is 1. The fourth-order valence-electron chi connectivity index (χ4n) is 3.02. The SMILES string of the molecule is Cc1ncc(-c2cncc(N)c2)c2ccn(S(=O)(=O)c3ccccc3)c12. The molecule has 0 aliphatic heterocycles. The first-order valence-electron chi connectivity index (χ1n) is 7.96. The number of nitrogens with zero attached hydrogens (tertiary/aromatic N) is 3. The molecular formula is C19H16N4O2S. The highest BCUT2D eigenvalue weighted by Crippen LogP contribution is 2.32. The molecular weight excluding hydrogens is 348 g/mol. The Kier molecular flexibility index (Phi) is 3.73. The summed E-state index contributed by atoms with van der Waals surface area (Å²) in [6.45, 7) is 1.79. The molecule has 7 heteroatoms.